The molecule has 0 unspecified atom stereocenters. The summed E-state index contributed by atoms with van der Waals surface area (Å²) < 4.78 is 0. The lowest BCUT2D eigenvalue weighted by atomic mass is 10.1. The fourth-order valence-electron chi connectivity index (χ4n) is 3.04. The van der Waals surface area contributed by atoms with Crippen LogP contribution in [0.2, 0.25) is 0 Å². The van der Waals surface area contributed by atoms with Crippen molar-refractivity contribution in [2.75, 3.05) is 5.32 Å². The van der Waals surface area contributed by atoms with E-state index in [-0.39, 0.29) is 30.4 Å². The molecule has 152 valence electrons. The number of anilines is 1. The van der Waals surface area contributed by atoms with Gasteiger partial charge in [-0.05, 0) is 29.5 Å². The summed E-state index contributed by atoms with van der Waals surface area (Å²) in [7, 11) is 0. The Balaban J connectivity index is 1.51. The number of aromatic hydroxyl groups is 1. The molecule has 0 radical (unpaired) electrons. The molecule has 0 bridgehead atoms. The van der Waals surface area contributed by atoms with Gasteiger partial charge >= 0.3 is 0 Å². The Bertz CT molecular complexity index is 1100. The second kappa shape index (κ2) is 10.0. The van der Waals surface area contributed by atoms with E-state index in [9.17, 15) is 14.7 Å². The second-order valence-corrected chi connectivity index (χ2v) is 6.72. The summed E-state index contributed by atoms with van der Waals surface area (Å²) in [5.74, 6) is -0.536. The number of rotatable bonds is 8. The third-order valence-electron chi connectivity index (χ3n) is 4.55. The van der Waals surface area contributed by atoms with Gasteiger partial charge in [0.15, 0.2) is 0 Å². The molecular formula is C24H23N3O3. The van der Waals surface area contributed by atoms with Gasteiger partial charge in [-0.2, -0.15) is 5.10 Å². The molecule has 3 rings (SSSR count). The van der Waals surface area contributed by atoms with Gasteiger partial charge in [0.05, 0.1) is 6.21 Å². The number of phenols is 1. The maximum absolute atomic E-state index is 12.2. The van der Waals surface area contributed by atoms with Crippen LogP contribution in [0.4, 0.5) is 5.69 Å². The molecule has 6 nitrogen and oxygen atoms in total. The van der Waals surface area contributed by atoms with E-state index < -0.39 is 0 Å². The smallest absolute Gasteiger partial charge is 0.240 e. The van der Waals surface area contributed by atoms with Crippen LogP contribution in [0.5, 0.6) is 5.75 Å². The van der Waals surface area contributed by atoms with E-state index in [1.54, 1.807) is 24.3 Å². The number of carbonyl (C=O) groups excluding carboxylic acids is 2. The van der Waals surface area contributed by atoms with Crippen LogP contribution in [0.1, 0.15) is 24.0 Å². The molecule has 30 heavy (non-hydrogen) atoms. The summed E-state index contributed by atoms with van der Waals surface area (Å²) in [5, 5.41) is 18.9. The van der Waals surface area contributed by atoms with E-state index in [0.717, 1.165) is 16.3 Å². The number of hydrazone groups is 1. The molecule has 0 saturated carbocycles. The number of nitrogens with zero attached hydrogens (tertiary/aromatic N) is 1. The number of carbonyl (C=O) groups is 2. The Morgan fingerprint density at radius 2 is 1.70 bits per heavy atom. The number of nitrogens with one attached hydrogen (secondary N) is 2. The molecule has 3 aromatic rings. The molecule has 0 aliphatic rings. The van der Waals surface area contributed by atoms with Crippen LogP contribution >= 0.6 is 0 Å². The monoisotopic (exact) mass is 401 g/mol. The zero-order chi connectivity index (χ0) is 21.3. The first-order valence-electron chi connectivity index (χ1n) is 9.59. The summed E-state index contributed by atoms with van der Waals surface area (Å²) in [6.07, 6.45) is 3.63. The lowest BCUT2D eigenvalue weighted by Gasteiger charge is -2.08. The molecule has 0 fully saturated rings. The average Bonchev–Trinajstić information content (AvgIpc) is 2.75. The summed E-state index contributed by atoms with van der Waals surface area (Å²) in [6.45, 7) is 3.65. The molecule has 0 spiro atoms. The van der Waals surface area contributed by atoms with Crippen molar-refractivity contribution in [2.45, 2.75) is 19.3 Å². The van der Waals surface area contributed by atoms with Crippen LogP contribution in [0.15, 0.2) is 78.4 Å². The highest BCUT2D eigenvalue weighted by atomic mass is 16.3. The van der Waals surface area contributed by atoms with Gasteiger partial charge in [0, 0.05) is 29.5 Å². The van der Waals surface area contributed by atoms with Crippen molar-refractivity contribution in [1.29, 1.82) is 0 Å². The Labute approximate surface area is 174 Å². The fourth-order valence-corrected chi connectivity index (χ4v) is 3.04. The number of fused-ring (bicyclic) bond motifs is 1. The molecule has 6 heteroatoms. The van der Waals surface area contributed by atoms with E-state index in [0.29, 0.717) is 17.7 Å². The van der Waals surface area contributed by atoms with Crippen molar-refractivity contribution in [2.24, 2.45) is 5.10 Å². The first-order chi connectivity index (χ1) is 14.6. The standard InChI is InChI=1S/C24H23N3O3/c1-2-7-18-10-5-11-19(24(18)30)16-25-27-23(29)15-14-22(28)26-21-13-6-9-17-8-3-4-12-20(17)21/h2-6,8-13,16,30H,1,7,14-15H2,(H,26,28)(H,27,29). The third kappa shape index (κ3) is 5.32. The maximum atomic E-state index is 12.2. The van der Waals surface area contributed by atoms with Crippen molar-refractivity contribution >= 4 is 34.5 Å². The molecule has 0 aliphatic heterocycles. The van der Waals surface area contributed by atoms with Crippen LogP contribution in [0, 0.1) is 0 Å². The van der Waals surface area contributed by atoms with Crippen LogP contribution in [0.3, 0.4) is 0 Å². The number of amides is 2. The first kappa shape index (κ1) is 20.8. The van der Waals surface area contributed by atoms with Crippen molar-refractivity contribution in [3.05, 3.63) is 84.4 Å². The quantitative estimate of drug-likeness (QED) is 0.301. The van der Waals surface area contributed by atoms with Crippen LogP contribution in [0.25, 0.3) is 10.8 Å². The van der Waals surface area contributed by atoms with Gasteiger partial charge in [-0.1, -0.05) is 54.6 Å². The van der Waals surface area contributed by atoms with E-state index in [1.807, 2.05) is 42.5 Å². The van der Waals surface area contributed by atoms with E-state index >= 15 is 0 Å². The molecule has 0 atom stereocenters. The number of benzene rings is 3. The zero-order valence-corrected chi connectivity index (χ0v) is 16.5. The zero-order valence-electron chi connectivity index (χ0n) is 16.5. The molecule has 3 aromatic carbocycles. The highest BCUT2D eigenvalue weighted by molar-refractivity contribution is 6.02. The van der Waals surface area contributed by atoms with Gasteiger partial charge in [-0.25, -0.2) is 5.43 Å². The molecule has 3 N–H and O–H groups in total. The Morgan fingerprint density at radius 1 is 0.967 bits per heavy atom. The predicted molar refractivity (Wildman–Crippen MR) is 120 cm³/mol. The summed E-state index contributed by atoms with van der Waals surface area (Å²) in [6, 6.07) is 18.7. The first-order valence-corrected chi connectivity index (χ1v) is 9.59. The van der Waals surface area contributed by atoms with Crippen molar-refractivity contribution in [3.8, 4) is 5.75 Å². The van der Waals surface area contributed by atoms with Gasteiger partial charge in [-0.3, -0.25) is 9.59 Å². The van der Waals surface area contributed by atoms with Gasteiger partial charge in [0.2, 0.25) is 11.8 Å². The van der Waals surface area contributed by atoms with Crippen molar-refractivity contribution in [3.63, 3.8) is 0 Å². The highest BCUT2D eigenvalue weighted by Gasteiger charge is 2.09. The minimum Gasteiger partial charge on any atom is -0.507 e. The third-order valence-corrected chi connectivity index (χ3v) is 4.55. The van der Waals surface area contributed by atoms with Gasteiger partial charge in [-0.15, -0.1) is 6.58 Å². The summed E-state index contributed by atoms with van der Waals surface area (Å²) in [4.78, 5) is 24.2. The predicted octanol–water partition coefficient (Wildman–Crippen LogP) is 4.14. The SMILES string of the molecule is C=CCc1cccc(C=NNC(=O)CCC(=O)Nc2cccc3ccccc23)c1O. The van der Waals surface area contributed by atoms with E-state index in [2.05, 4.69) is 22.4 Å². The molecule has 0 heterocycles. The van der Waals surface area contributed by atoms with Crippen LogP contribution in [-0.2, 0) is 16.0 Å². The second-order valence-electron chi connectivity index (χ2n) is 6.72. The summed E-state index contributed by atoms with van der Waals surface area (Å²) >= 11 is 0. The molecule has 0 saturated heterocycles. The van der Waals surface area contributed by atoms with E-state index in [1.165, 1.54) is 6.21 Å². The maximum Gasteiger partial charge on any atom is 0.240 e. The number of allylic oxidation sites excluding steroid dienone is 1. The highest BCUT2D eigenvalue weighted by Crippen LogP contribution is 2.23. The molecule has 0 aliphatic carbocycles. The normalized spacial score (nSPS) is 10.8. The average molecular weight is 401 g/mol. The largest absolute Gasteiger partial charge is 0.507 e. The number of para-hydroxylation sites is 1. The molecule has 2 amide bonds. The minimum absolute atomic E-state index is 0.00355. The van der Waals surface area contributed by atoms with E-state index in [4.69, 9.17) is 0 Å². The minimum atomic E-state index is -0.388. The van der Waals surface area contributed by atoms with Crippen LogP contribution in [-0.4, -0.2) is 23.1 Å². The summed E-state index contributed by atoms with van der Waals surface area (Å²) in [5.41, 5.74) is 4.31. The van der Waals surface area contributed by atoms with Crippen LogP contribution < -0.4 is 10.7 Å². The lowest BCUT2D eigenvalue weighted by Crippen LogP contribution is -2.20. The Morgan fingerprint density at radius 3 is 2.53 bits per heavy atom. The number of phenolic OH excluding ortho intramolecular Hbond substituents is 1. The van der Waals surface area contributed by atoms with Crippen molar-refractivity contribution < 1.29 is 14.7 Å². The Kier molecular flexibility index (Phi) is 6.95. The Hall–Kier alpha value is -3.93. The number of hydrogen-bond acceptors (Lipinski definition) is 4. The van der Waals surface area contributed by atoms with Crippen molar-refractivity contribution in [1.82, 2.24) is 5.43 Å². The van der Waals surface area contributed by atoms with Gasteiger partial charge in [0.1, 0.15) is 5.75 Å². The molecular weight excluding hydrogens is 378 g/mol. The van der Waals surface area contributed by atoms with Gasteiger partial charge in [0.25, 0.3) is 0 Å². The topological polar surface area (TPSA) is 90.8 Å². The fraction of sp³-hybridized carbons (Fsp3) is 0.125. The lowest BCUT2D eigenvalue weighted by molar-refractivity contribution is -0.124. The number of hydrogen-bond donors (Lipinski definition) is 3. The van der Waals surface area contributed by atoms with Gasteiger partial charge < -0.3 is 10.4 Å². The molecule has 0 aromatic heterocycles.